The summed E-state index contributed by atoms with van der Waals surface area (Å²) in [6, 6.07) is 11.1. The van der Waals surface area contributed by atoms with Gasteiger partial charge >= 0.3 is 0 Å². The number of thiocarbonyl (C=S) groups is 2. The second kappa shape index (κ2) is 16.2. The van der Waals surface area contributed by atoms with Crippen molar-refractivity contribution >= 4 is 91.6 Å². The third kappa shape index (κ3) is 9.40. The minimum atomic E-state index is -0.374. The summed E-state index contributed by atoms with van der Waals surface area (Å²) in [5, 5.41) is 5.44. The lowest BCUT2D eigenvalue weighted by Crippen LogP contribution is -2.31. The fourth-order valence-corrected chi connectivity index (χ4v) is 7.21. The van der Waals surface area contributed by atoms with E-state index in [2.05, 4.69) is 10.6 Å². The molecule has 14 heteroatoms. The molecule has 2 fully saturated rings. The number of nitrogens with one attached hydrogen (secondary N) is 2. The lowest BCUT2D eigenvalue weighted by atomic mass is 10.1. The molecule has 0 aromatic heterocycles. The highest BCUT2D eigenvalue weighted by Crippen LogP contribution is 2.42. The minimum absolute atomic E-state index is 0.170. The molecule has 0 aliphatic carbocycles. The Morgan fingerprint density at radius 3 is 1.34 bits per heavy atom. The maximum atomic E-state index is 13.2. The molecule has 2 aromatic rings. The van der Waals surface area contributed by atoms with Gasteiger partial charge in [0.1, 0.15) is 20.3 Å². The smallest absolute Gasteiger partial charge is 0.267 e. The van der Waals surface area contributed by atoms with Gasteiger partial charge in [0.05, 0.1) is 9.81 Å². The maximum absolute atomic E-state index is 13.2. The van der Waals surface area contributed by atoms with Crippen molar-refractivity contribution in [1.82, 2.24) is 9.80 Å². The first kappa shape index (κ1) is 33.7. The van der Waals surface area contributed by atoms with Gasteiger partial charge in [0.2, 0.25) is 11.8 Å². The molecule has 2 N–H and O–H groups in total. The van der Waals surface area contributed by atoms with Crippen LogP contribution in [-0.2, 0) is 19.2 Å². The number of carbonyl (C=O) groups excluding carboxylic acids is 4. The first-order chi connectivity index (χ1) is 21.1. The zero-order valence-corrected chi connectivity index (χ0v) is 26.9. The third-order valence-corrected chi connectivity index (χ3v) is 9.76. The van der Waals surface area contributed by atoms with Crippen LogP contribution in [0.3, 0.4) is 0 Å². The molecule has 0 unspecified atom stereocenters. The molecule has 0 saturated carbocycles. The zero-order chi connectivity index (χ0) is 31.6. The monoisotopic (exact) mass is 676 g/mol. The predicted octanol–water partition coefficient (Wildman–Crippen LogP) is 6.60. The molecule has 0 radical (unpaired) electrons. The normalized spacial score (nSPS) is 16.7. The molecule has 44 heavy (non-hydrogen) atoms. The quantitative estimate of drug-likeness (QED) is 0.131. The summed E-state index contributed by atoms with van der Waals surface area (Å²) in [5.41, 5.74) is 1.06. The van der Waals surface area contributed by atoms with Crippen molar-refractivity contribution in [3.63, 3.8) is 0 Å². The molecule has 2 saturated heterocycles. The zero-order valence-electron chi connectivity index (χ0n) is 23.6. The van der Waals surface area contributed by atoms with Crippen LogP contribution in [0.5, 0.6) is 0 Å². The predicted molar refractivity (Wildman–Crippen MR) is 178 cm³/mol. The molecular formula is C30H30F2N4O4S4. The largest absolute Gasteiger partial charge is 0.326 e. The van der Waals surface area contributed by atoms with E-state index in [9.17, 15) is 28.0 Å². The number of amides is 4. The minimum Gasteiger partial charge on any atom is -0.326 e. The van der Waals surface area contributed by atoms with Gasteiger partial charge in [0.15, 0.2) is 0 Å². The fourth-order valence-electron chi connectivity index (χ4n) is 4.43. The summed E-state index contributed by atoms with van der Waals surface area (Å²) < 4.78 is 26.8. The fraction of sp³-hybridized carbons (Fsp3) is 0.333. The van der Waals surface area contributed by atoms with Crippen LogP contribution in [0.4, 0.5) is 20.2 Å². The number of benzene rings is 2. The van der Waals surface area contributed by atoms with E-state index in [0.717, 1.165) is 23.5 Å². The lowest BCUT2D eigenvalue weighted by molar-refractivity contribution is -0.124. The van der Waals surface area contributed by atoms with Crippen LogP contribution < -0.4 is 10.6 Å². The second-order valence-electron chi connectivity index (χ2n) is 10.0. The van der Waals surface area contributed by atoms with E-state index in [0.29, 0.717) is 84.5 Å². The molecule has 232 valence electrons. The standard InChI is InChI=1S/C30H30F2N4O4S4/c31-19-9-13-21(14-10-19)33-23(37)7-3-1-5-17-35-27(39)25(43-29(35)41)26-28(40)36(30(42)44-26)18-6-2-4-8-24(38)34-22-15-11-20(32)12-16-22/h9-16H,1-8,17-18H2,(H,33,37)(H,34,38). The molecule has 2 aliphatic rings. The van der Waals surface area contributed by atoms with Crippen molar-refractivity contribution in [2.45, 2.75) is 51.4 Å². The Hall–Kier alpha value is -3.20. The number of unbranched alkanes of at least 4 members (excludes halogenated alkanes) is 4. The average molecular weight is 677 g/mol. The van der Waals surface area contributed by atoms with Crippen LogP contribution in [0.2, 0.25) is 0 Å². The van der Waals surface area contributed by atoms with Gasteiger partial charge < -0.3 is 10.6 Å². The van der Waals surface area contributed by atoms with E-state index < -0.39 is 0 Å². The second-order valence-corrected chi connectivity index (χ2v) is 13.3. The Labute approximate surface area is 273 Å². The molecule has 2 aromatic carbocycles. The van der Waals surface area contributed by atoms with Gasteiger partial charge in [-0.3, -0.25) is 29.0 Å². The van der Waals surface area contributed by atoms with E-state index in [-0.39, 0.29) is 45.1 Å². The number of hydrogen-bond donors (Lipinski definition) is 2. The maximum Gasteiger partial charge on any atom is 0.267 e. The van der Waals surface area contributed by atoms with Crippen LogP contribution in [0.25, 0.3) is 0 Å². The van der Waals surface area contributed by atoms with Gasteiger partial charge in [-0.15, -0.1) is 0 Å². The Bertz CT molecular complexity index is 1360. The Morgan fingerprint density at radius 2 is 0.977 bits per heavy atom. The number of rotatable bonds is 14. The highest BCUT2D eigenvalue weighted by atomic mass is 32.2. The molecule has 4 amide bonds. The number of nitrogens with zero attached hydrogens (tertiary/aromatic N) is 2. The van der Waals surface area contributed by atoms with Gasteiger partial charge in [0.25, 0.3) is 11.8 Å². The van der Waals surface area contributed by atoms with Crippen LogP contribution in [0.1, 0.15) is 51.4 Å². The molecule has 4 rings (SSSR count). The molecule has 0 atom stereocenters. The Kier molecular flexibility index (Phi) is 12.4. The van der Waals surface area contributed by atoms with E-state index in [1.54, 1.807) is 0 Å². The van der Waals surface area contributed by atoms with Crippen molar-refractivity contribution in [1.29, 1.82) is 0 Å². The summed E-state index contributed by atoms with van der Waals surface area (Å²) in [6.07, 6.45) is 4.46. The summed E-state index contributed by atoms with van der Waals surface area (Å²) in [5.74, 6) is -1.72. The summed E-state index contributed by atoms with van der Waals surface area (Å²) >= 11 is 13.0. The molecule has 2 aliphatic heterocycles. The van der Waals surface area contributed by atoms with Crippen LogP contribution in [-0.4, -0.2) is 55.2 Å². The number of halogens is 2. The lowest BCUT2D eigenvalue weighted by Gasteiger charge is -2.14. The van der Waals surface area contributed by atoms with Gasteiger partial charge in [-0.2, -0.15) is 0 Å². The van der Waals surface area contributed by atoms with Crippen LogP contribution in [0.15, 0.2) is 58.3 Å². The molecule has 2 heterocycles. The molecule has 0 bridgehead atoms. The van der Waals surface area contributed by atoms with Crippen LogP contribution >= 0.6 is 48.0 Å². The van der Waals surface area contributed by atoms with Crippen molar-refractivity contribution in [3.05, 3.63) is 70.0 Å². The van der Waals surface area contributed by atoms with Gasteiger partial charge in [0, 0.05) is 37.3 Å². The summed E-state index contributed by atoms with van der Waals surface area (Å²) in [4.78, 5) is 54.1. The Balaban J connectivity index is 1.16. The highest BCUT2D eigenvalue weighted by molar-refractivity contribution is 8.29. The summed E-state index contributed by atoms with van der Waals surface area (Å²) in [7, 11) is 0. The van der Waals surface area contributed by atoms with E-state index in [1.165, 1.54) is 58.3 Å². The first-order valence-electron chi connectivity index (χ1n) is 14.0. The van der Waals surface area contributed by atoms with E-state index >= 15 is 0 Å². The van der Waals surface area contributed by atoms with Crippen molar-refractivity contribution in [3.8, 4) is 0 Å². The summed E-state index contributed by atoms with van der Waals surface area (Å²) in [6.45, 7) is 0.756. The van der Waals surface area contributed by atoms with Gasteiger partial charge in [-0.05, 0) is 74.2 Å². The van der Waals surface area contributed by atoms with Crippen molar-refractivity contribution < 1.29 is 28.0 Å². The number of hydrogen-bond acceptors (Lipinski definition) is 8. The van der Waals surface area contributed by atoms with Crippen LogP contribution in [0, 0.1) is 11.6 Å². The van der Waals surface area contributed by atoms with E-state index in [4.69, 9.17) is 24.4 Å². The number of thioether (sulfide) groups is 2. The van der Waals surface area contributed by atoms with Gasteiger partial charge in [-0.1, -0.05) is 60.8 Å². The third-order valence-electron chi connectivity index (χ3n) is 6.73. The average Bonchev–Trinajstić information content (AvgIpc) is 3.43. The van der Waals surface area contributed by atoms with Gasteiger partial charge in [-0.25, -0.2) is 8.78 Å². The Morgan fingerprint density at radius 1 is 0.614 bits per heavy atom. The number of carbonyl (C=O) groups is 4. The molecule has 0 spiro atoms. The topological polar surface area (TPSA) is 98.8 Å². The first-order valence-corrected chi connectivity index (χ1v) is 16.5. The SMILES string of the molecule is O=C(CCCCCN1C(=O)C(=C2SC(=S)N(CCCCCC(=O)Nc3ccc(F)cc3)C2=O)SC1=S)Nc1ccc(F)cc1. The van der Waals surface area contributed by atoms with Crippen molar-refractivity contribution in [2.75, 3.05) is 23.7 Å². The number of anilines is 2. The molecule has 8 nitrogen and oxygen atoms in total. The molecular weight excluding hydrogens is 647 g/mol. The van der Waals surface area contributed by atoms with Crippen molar-refractivity contribution in [2.24, 2.45) is 0 Å². The highest BCUT2D eigenvalue weighted by Gasteiger charge is 2.41. The van der Waals surface area contributed by atoms with E-state index in [1.807, 2.05) is 0 Å².